The molecule has 0 atom stereocenters. The maximum Gasteiger partial charge on any atom is 0.128 e. The number of aliphatic hydroxyl groups excluding tert-OH is 1. The minimum atomic E-state index is 0.137. The third kappa shape index (κ3) is 4.00. The van der Waals surface area contributed by atoms with Crippen LogP contribution in [0.5, 0.6) is 0 Å². The molecule has 0 saturated heterocycles. The molecule has 17 heavy (non-hydrogen) atoms. The lowest BCUT2D eigenvalue weighted by atomic mass is 9.88. The number of hydrogen-bond acceptors (Lipinski definition) is 3. The second-order valence-corrected chi connectivity index (χ2v) is 5.37. The number of anilines is 1. The fourth-order valence-corrected chi connectivity index (χ4v) is 1.75. The zero-order valence-electron chi connectivity index (χ0n) is 11.4. The Balaban J connectivity index is 2.84. The molecule has 0 aromatic carbocycles. The van der Waals surface area contributed by atoms with Crippen molar-refractivity contribution < 1.29 is 5.11 Å². The van der Waals surface area contributed by atoms with Gasteiger partial charge in [-0.3, -0.25) is 0 Å². The molecule has 3 heteroatoms. The van der Waals surface area contributed by atoms with Crippen LogP contribution in [0.4, 0.5) is 5.82 Å². The van der Waals surface area contributed by atoms with E-state index in [2.05, 4.69) is 43.6 Å². The molecular formula is C14H24N2O. The van der Waals surface area contributed by atoms with E-state index >= 15 is 0 Å². The summed E-state index contributed by atoms with van der Waals surface area (Å²) in [6.07, 6.45) is 3.00. The molecule has 0 fully saturated rings. The lowest BCUT2D eigenvalue weighted by Gasteiger charge is -2.24. The zero-order valence-corrected chi connectivity index (χ0v) is 11.4. The predicted molar refractivity (Wildman–Crippen MR) is 72.5 cm³/mol. The molecule has 1 aromatic heterocycles. The van der Waals surface area contributed by atoms with Crippen LogP contribution in [0.3, 0.4) is 0 Å². The monoisotopic (exact) mass is 236 g/mol. The predicted octanol–water partition coefficient (Wildman–Crippen LogP) is 2.59. The Bertz CT molecular complexity index is 321. The molecule has 0 amide bonds. The van der Waals surface area contributed by atoms with Crippen LogP contribution in [0.25, 0.3) is 0 Å². The Morgan fingerprint density at radius 2 is 1.94 bits per heavy atom. The number of hydrogen-bond donors (Lipinski definition) is 1. The molecule has 1 rings (SSSR count). The van der Waals surface area contributed by atoms with Gasteiger partial charge in [0, 0.05) is 19.3 Å². The average molecular weight is 236 g/mol. The maximum atomic E-state index is 9.04. The van der Waals surface area contributed by atoms with Gasteiger partial charge < -0.3 is 10.0 Å². The first kappa shape index (κ1) is 14.0. The van der Waals surface area contributed by atoms with Crippen LogP contribution in [0, 0.1) is 0 Å². The van der Waals surface area contributed by atoms with Crippen LogP contribution >= 0.6 is 0 Å². The van der Waals surface area contributed by atoms with Crippen molar-refractivity contribution in [2.45, 2.75) is 39.5 Å². The molecule has 3 nitrogen and oxygen atoms in total. The highest BCUT2D eigenvalue weighted by Gasteiger charge is 2.14. The highest BCUT2D eigenvalue weighted by atomic mass is 16.3. The van der Waals surface area contributed by atoms with Gasteiger partial charge in [-0.1, -0.05) is 33.8 Å². The molecule has 0 saturated carbocycles. The van der Waals surface area contributed by atoms with Crippen LogP contribution in [-0.2, 0) is 5.41 Å². The summed E-state index contributed by atoms with van der Waals surface area (Å²) < 4.78 is 0. The molecule has 0 aliphatic rings. The van der Waals surface area contributed by atoms with Gasteiger partial charge in [0.25, 0.3) is 0 Å². The van der Waals surface area contributed by atoms with Gasteiger partial charge >= 0.3 is 0 Å². The molecule has 0 unspecified atom stereocenters. The fraction of sp³-hybridized carbons (Fsp3) is 0.643. The van der Waals surface area contributed by atoms with E-state index in [1.54, 1.807) is 0 Å². The minimum absolute atomic E-state index is 0.137. The highest BCUT2D eigenvalue weighted by Crippen LogP contribution is 2.22. The topological polar surface area (TPSA) is 36.4 Å². The lowest BCUT2D eigenvalue weighted by molar-refractivity contribution is 0.301. The van der Waals surface area contributed by atoms with Crippen LogP contribution in [0.15, 0.2) is 18.3 Å². The van der Waals surface area contributed by atoms with Gasteiger partial charge in [0.2, 0.25) is 0 Å². The van der Waals surface area contributed by atoms with Crippen LogP contribution in [-0.4, -0.2) is 29.8 Å². The number of nitrogens with zero attached hydrogens (tertiary/aromatic N) is 2. The van der Waals surface area contributed by atoms with Crippen molar-refractivity contribution in [3.63, 3.8) is 0 Å². The molecule has 1 aromatic rings. The largest absolute Gasteiger partial charge is 0.395 e. The molecule has 0 spiro atoms. The number of pyridine rings is 1. The molecule has 0 aliphatic heterocycles. The second kappa shape index (κ2) is 6.01. The van der Waals surface area contributed by atoms with E-state index < -0.39 is 0 Å². The summed E-state index contributed by atoms with van der Waals surface area (Å²) in [6, 6.07) is 4.17. The standard InChI is InChI=1S/C14H24N2O/c1-5-8-16(9-10-17)13-7-6-12(11-15-13)14(2,3)4/h6-7,11,17H,5,8-10H2,1-4H3. The van der Waals surface area contributed by atoms with Crippen molar-refractivity contribution in [3.05, 3.63) is 23.9 Å². The molecule has 96 valence electrons. The van der Waals surface area contributed by atoms with Crippen LogP contribution in [0.1, 0.15) is 39.7 Å². The normalized spacial score (nSPS) is 11.6. The van der Waals surface area contributed by atoms with Gasteiger partial charge in [0.05, 0.1) is 6.61 Å². The van der Waals surface area contributed by atoms with Gasteiger partial charge in [-0.05, 0) is 23.5 Å². The summed E-state index contributed by atoms with van der Waals surface area (Å²) in [6.45, 7) is 10.4. The number of rotatable bonds is 5. The quantitative estimate of drug-likeness (QED) is 0.853. The van der Waals surface area contributed by atoms with Gasteiger partial charge in [-0.25, -0.2) is 4.98 Å². The summed E-state index contributed by atoms with van der Waals surface area (Å²) in [5, 5.41) is 9.04. The first-order chi connectivity index (χ1) is 7.99. The first-order valence-corrected chi connectivity index (χ1v) is 6.31. The molecule has 0 bridgehead atoms. The van der Waals surface area contributed by atoms with E-state index in [1.807, 2.05) is 12.3 Å². The van der Waals surface area contributed by atoms with Crippen LogP contribution in [0.2, 0.25) is 0 Å². The smallest absolute Gasteiger partial charge is 0.128 e. The van der Waals surface area contributed by atoms with E-state index in [9.17, 15) is 0 Å². The van der Waals surface area contributed by atoms with Crippen molar-refractivity contribution >= 4 is 5.82 Å². The molecular weight excluding hydrogens is 212 g/mol. The molecule has 1 N–H and O–H groups in total. The Morgan fingerprint density at radius 1 is 1.24 bits per heavy atom. The van der Waals surface area contributed by atoms with E-state index in [1.165, 1.54) is 5.56 Å². The summed E-state index contributed by atoms with van der Waals surface area (Å²) in [5.41, 5.74) is 1.37. The van der Waals surface area contributed by atoms with Crippen molar-refractivity contribution in [1.29, 1.82) is 0 Å². The van der Waals surface area contributed by atoms with E-state index in [-0.39, 0.29) is 12.0 Å². The summed E-state index contributed by atoms with van der Waals surface area (Å²) in [5.74, 6) is 0.953. The zero-order chi connectivity index (χ0) is 12.9. The van der Waals surface area contributed by atoms with Crippen molar-refractivity contribution in [2.24, 2.45) is 0 Å². The van der Waals surface area contributed by atoms with Gasteiger partial charge in [0.1, 0.15) is 5.82 Å². The maximum absolute atomic E-state index is 9.04. The van der Waals surface area contributed by atoms with Gasteiger partial charge in [0.15, 0.2) is 0 Å². The molecule has 1 heterocycles. The SMILES string of the molecule is CCCN(CCO)c1ccc(C(C)(C)C)cn1. The molecule has 0 radical (unpaired) electrons. The van der Waals surface area contributed by atoms with Crippen molar-refractivity contribution in [3.8, 4) is 0 Å². The van der Waals surface area contributed by atoms with Crippen LogP contribution < -0.4 is 4.90 Å². The summed E-state index contributed by atoms with van der Waals surface area (Å²) in [7, 11) is 0. The van der Waals surface area contributed by atoms with Gasteiger partial charge in [-0.2, -0.15) is 0 Å². The van der Waals surface area contributed by atoms with Crippen molar-refractivity contribution in [1.82, 2.24) is 4.98 Å². The van der Waals surface area contributed by atoms with E-state index in [0.29, 0.717) is 6.54 Å². The Morgan fingerprint density at radius 3 is 2.35 bits per heavy atom. The minimum Gasteiger partial charge on any atom is -0.395 e. The lowest BCUT2D eigenvalue weighted by Crippen LogP contribution is -2.28. The Labute approximate surface area is 104 Å². The summed E-state index contributed by atoms with van der Waals surface area (Å²) in [4.78, 5) is 6.62. The van der Waals surface area contributed by atoms with E-state index in [0.717, 1.165) is 18.8 Å². The first-order valence-electron chi connectivity index (χ1n) is 6.31. The third-order valence-electron chi connectivity index (χ3n) is 2.80. The summed E-state index contributed by atoms with van der Waals surface area (Å²) >= 11 is 0. The Hall–Kier alpha value is -1.09. The Kier molecular flexibility index (Phi) is 4.94. The second-order valence-electron chi connectivity index (χ2n) is 5.37. The highest BCUT2D eigenvalue weighted by molar-refractivity contribution is 5.40. The van der Waals surface area contributed by atoms with E-state index in [4.69, 9.17) is 5.11 Å². The number of aromatic nitrogens is 1. The van der Waals surface area contributed by atoms with Gasteiger partial charge in [-0.15, -0.1) is 0 Å². The third-order valence-corrected chi connectivity index (χ3v) is 2.80. The van der Waals surface area contributed by atoms with Crippen molar-refractivity contribution in [2.75, 3.05) is 24.6 Å². The number of aliphatic hydroxyl groups is 1. The fourth-order valence-electron chi connectivity index (χ4n) is 1.75. The average Bonchev–Trinajstić information content (AvgIpc) is 2.28. The molecule has 0 aliphatic carbocycles.